The van der Waals surface area contributed by atoms with Crippen molar-refractivity contribution in [2.75, 3.05) is 13.6 Å². The zero-order valence-corrected chi connectivity index (χ0v) is 11.6. The van der Waals surface area contributed by atoms with E-state index in [2.05, 4.69) is 47.3 Å². The largest absolute Gasteiger partial charge is 0.342 e. The first-order valence-corrected chi connectivity index (χ1v) is 6.84. The second kappa shape index (κ2) is 6.01. The first kappa shape index (κ1) is 13.1. The van der Waals surface area contributed by atoms with E-state index in [0.717, 1.165) is 24.3 Å². The molecular formula is C15H23N3. The molecule has 0 aliphatic rings. The fourth-order valence-electron chi connectivity index (χ4n) is 2.14. The molecule has 0 saturated carbocycles. The lowest BCUT2D eigenvalue weighted by Gasteiger charge is -2.01. The van der Waals surface area contributed by atoms with Crippen LogP contribution in [0.5, 0.6) is 0 Å². The summed E-state index contributed by atoms with van der Waals surface area (Å²) in [5.41, 5.74) is 3.65. The number of aryl methyl sites for hydroxylation is 1. The lowest BCUT2D eigenvalue weighted by molar-refractivity contribution is 0.677. The summed E-state index contributed by atoms with van der Waals surface area (Å²) in [6, 6.07) is 6.57. The minimum atomic E-state index is 0.455. The number of hydrogen-bond acceptors (Lipinski definition) is 2. The minimum absolute atomic E-state index is 0.455. The highest BCUT2D eigenvalue weighted by Gasteiger charge is 2.06. The van der Waals surface area contributed by atoms with Crippen molar-refractivity contribution >= 4 is 11.0 Å². The van der Waals surface area contributed by atoms with Crippen LogP contribution >= 0.6 is 0 Å². The molecule has 0 aliphatic heterocycles. The standard InChI is InChI=1S/C15H23N3/c1-11(2)15-17-13-8-7-12(10-14(13)18-15)6-4-5-9-16-3/h7-8,10-11,16H,4-6,9H2,1-3H3,(H,17,18). The van der Waals surface area contributed by atoms with Crippen LogP contribution in [0.3, 0.4) is 0 Å². The molecule has 2 rings (SSSR count). The smallest absolute Gasteiger partial charge is 0.109 e. The molecule has 1 aromatic carbocycles. The fraction of sp³-hybridized carbons (Fsp3) is 0.533. The van der Waals surface area contributed by atoms with Gasteiger partial charge in [-0.2, -0.15) is 0 Å². The summed E-state index contributed by atoms with van der Waals surface area (Å²) in [5.74, 6) is 1.54. The summed E-state index contributed by atoms with van der Waals surface area (Å²) < 4.78 is 0. The summed E-state index contributed by atoms with van der Waals surface area (Å²) in [6.45, 7) is 5.43. The van der Waals surface area contributed by atoms with E-state index in [4.69, 9.17) is 0 Å². The maximum atomic E-state index is 4.60. The number of nitrogens with one attached hydrogen (secondary N) is 2. The van der Waals surface area contributed by atoms with Crippen molar-refractivity contribution in [3.8, 4) is 0 Å². The Bertz CT molecular complexity index is 499. The zero-order valence-electron chi connectivity index (χ0n) is 11.6. The third-order valence-electron chi connectivity index (χ3n) is 3.25. The molecule has 0 fully saturated rings. The van der Waals surface area contributed by atoms with Crippen LogP contribution in [0, 0.1) is 0 Å². The van der Waals surface area contributed by atoms with E-state index < -0.39 is 0 Å². The molecule has 3 heteroatoms. The van der Waals surface area contributed by atoms with Crippen molar-refractivity contribution in [2.45, 2.75) is 39.0 Å². The van der Waals surface area contributed by atoms with Gasteiger partial charge in [-0.25, -0.2) is 4.98 Å². The van der Waals surface area contributed by atoms with Crippen LogP contribution in [0.4, 0.5) is 0 Å². The number of aromatic nitrogens is 2. The van der Waals surface area contributed by atoms with Gasteiger partial charge in [0, 0.05) is 5.92 Å². The van der Waals surface area contributed by atoms with Gasteiger partial charge in [0.25, 0.3) is 0 Å². The molecule has 1 heterocycles. The highest BCUT2D eigenvalue weighted by atomic mass is 14.9. The van der Waals surface area contributed by atoms with Gasteiger partial charge in [-0.05, 0) is 50.6 Å². The molecule has 2 N–H and O–H groups in total. The zero-order chi connectivity index (χ0) is 13.0. The van der Waals surface area contributed by atoms with Crippen LogP contribution in [-0.4, -0.2) is 23.6 Å². The topological polar surface area (TPSA) is 40.7 Å². The quantitative estimate of drug-likeness (QED) is 0.767. The predicted molar refractivity (Wildman–Crippen MR) is 77.0 cm³/mol. The molecule has 3 nitrogen and oxygen atoms in total. The van der Waals surface area contributed by atoms with Crippen LogP contribution in [-0.2, 0) is 6.42 Å². The SMILES string of the molecule is CNCCCCc1ccc2nc(C(C)C)[nH]c2c1. The number of unbranched alkanes of at least 4 members (excludes halogenated alkanes) is 1. The Morgan fingerprint density at radius 2 is 2.11 bits per heavy atom. The molecule has 0 amide bonds. The van der Waals surface area contributed by atoms with Crippen LogP contribution < -0.4 is 5.32 Å². The minimum Gasteiger partial charge on any atom is -0.342 e. The van der Waals surface area contributed by atoms with Gasteiger partial charge < -0.3 is 10.3 Å². The first-order chi connectivity index (χ1) is 8.70. The number of hydrogen-bond donors (Lipinski definition) is 2. The average Bonchev–Trinajstić information content (AvgIpc) is 2.78. The Kier molecular flexibility index (Phi) is 4.37. The number of H-pyrrole nitrogens is 1. The fourth-order valence-corrected chi connectivity index (χ4v) is 2.14. The van der Waals surface area contributed by atoms with Gasteiger partial charge in [-0.1, -0.05) is 19.9 Å². The molecule has 98 valence electrons. The molecule has 0 atom stereocenters. The molecule has 2 aromatic rings. The molecule has 0 spiro atoms. The van der Waals surface area contributed by atoms with Crippen molar-refractivity contribution in [2.24, 2.45) is 0 Å². The predicted octanol–water partition coefficient (Wildman–Crippen LogP) is 3.23. The molecule has 1 aromatic heterocycles. The molecular weight excluding hydrogens is 222 g/mol. The number of imidazole rings is 1. The van der Waals surface area contributed by atoms with Crippen molar-refractivity contribution in [3.05, 3.63) is 29.6 Å². The summed E-state index contributed by atoms with van der Waals surface area (Å²) in [6.07, 6.45) is 3.61. The van der Waals surface area contributed by atoms with Gasteiger partial charge in [-0.15, -0.1) is 0 Å². The summed E-state index contributed by atoms with van der Waals surface area (Å²) in [4.78, 5) is 8.01. The van der Waals surface area contributed by atoms with Crippen LogP contribution in [0.1, 0.15) is 44.0 Å². The van der Waals surface area contributed by atoms with E-state index in [1.165, 1.54) is 23.9 Å². The lowest BCUT2D eigenvalue weighted by Crippen LogP contribution is -2.07. The summed E-state index contributed by atoms with van der Waals surface area (Å²) in [7, 11) is 2.00. The number of rotatable bonds is 6. The van der Waals surface area contributed by atoms with Crippen molar-refractivity contribution in [1.82, 2.24) is 15.3 Å². The second-order valence-electron chi connectivity index (χ2n) is 5.19. The molecule has 0 unspecified atom stereocenters. The Morgan fingerprint density at radius 3 is 2.83 bits per heavy atom. The Morgan fingerprint density at radius 1 is 1.28 bits per heavy atom. The van der Waals surface area contributed by atoms with E-state index in [-0.39, 0.29) is 0 Å². The number of nitrogens with zero attached hydrogens (tertiary/aromatic N) is 1. The molecule has 0 saturated heterocycles. The normalized spacial score (nSPS) is 11.6. The maximum absolute atomic E-state index is 4.60. The van der Waals surface area contributed by atoms with Gasteiger partial charge in [0.2, 0.25) is 0 Å². The maximum Gasteiger partial charge on any atom is 0.109 e. The second-order valence-corrected chi connectivity index (χ2v) is 5.19. The van der Waals surface area contributed by atoms with Gasteiger partial charge in [0.1, 0.15) is 5.82 Å². The van der Waals surface area contributed by atoms with Crippen LogP contribution in [0.2, 0.25) is 0 Å². The molecule has 0 radical (unpaired) electrons. The molecule has 18 heavy (non-hydrogen) atoms. The van der Waals surface area contributed by atoms with Crippen LogP contribution in [0.15, 0.2) is 18.2 Å². The third kappa shape index (κ3) is 3.10. The number of fused-ring (bicyclic) bond motifs is 1. The van der Waals surface area contributed by atoms with E-state index in [1.807, 2.05) is 7.05 Å². The van der Waals surface area contributed by atoms with Crippen molar-refractivity contribution < 1.29 is 0 Å². The lowest BCUT2D eigenvalue weighted by atomic mass is 10.1. The van der Waals surface area contributed by atoms with E-state index in [1.54, 1.807) is 0 Å². The number of aromatic amines is 1. The number of benzene rings is 1. The summed E-state index contributed by atoms with van der Waals surface area (Å²) in [5, 5.41) is 3.18. The third-order valence-corrected chi connectivity index (χ3v) is 3.25. The van der Waals surface area contributed by atoms with E-state index in [0.29, 0.717) is 5.92 Å². The van der Waals surface area contributed by atoms with E-state index in [9.17, 15) is 0 Å². The van der Waals surface area contributed by atoms with Crippen molar-refractivity contribution in [3.63, 3.8) is 0 Å². The Hall–Kier alpha value is -1.35. The van der Waals surface area contributed by atoms with Gasteiger partial charge in [0.15, 0.2) is 0 Å². The van der Waals surface area contributed by atoms with Gasteiger partial charge in [0.05, 0.1) is 11.0 Å². The van der Waals surface area contributed by atoms with E-state index >= 15 is 0 Å². The molecule has 0 bridgehead atoms. The van der Waals surface area contributed by atoms with Crippen LogP contribution in [0.25, 0.3) is 11.0 Å². The Labute approximate surface area is 109 Å². The molecule has 0 aliphatic carbocycles. The highest BCUT2D eigenvalue weighted by Crippen LogP contribution is 2.19. The Balaban J connectivity index is 2.07. The highest BCUT2D eigenvalue weighted by molar-refractivity contribution is 5.76. The van der Waals surface area contributed by atoms with Gasteiger partial charge in [-0.3, -0.25) is 0 Å². The van der Waals surface area contributed by atoms with Gasteiger partial charge >= 0.3 is 0 Å². The summed E-state index contributed by atoms with van der Waals surface area (Å²) >= 11 is 0. The average molecular weight is 245 g/mol. The monoisotopic (exact) mass is 245 g/mol. The first-order valence-electron chi connectivity index (χ1n) is 6.84. The van der Waals surface area contributed by atoms with Crippen molar-refractivity contribution in [1.29, 1.82) is 0 Å².